The van der Waals surface area contributed by atoms with Gasteiger partial charge in [0.05, 0.1) is 11.1 Å². The molecule has 1 aromatic rings. The molecule has 0 saturated carbocycles. The van der Waals surface area contributed by atoms with Gasteiger partial charge in [-0.15, -0.1) is 0 Å². The molecule has 0 spiro atoms. The third-order valence-corrected chi connectivity index (χ3v) is 2.64. The first-order valence-corrected chi connectivity index (χ1v) is 5.97. The number of hydrogen-bond acceptors (Lipinski definition) is 3. The molecule has 3 nitrogen and oxygen atoms in total. The molecule has 0 fully saturated rings. The average molecular weight is 305 g/mol. The average Bonchev–Trinajstić information content (AvgIpc) is 2.23. The van der Waals surface area contributed by atoms with Gasteiger partial charge >= 0.3 is 5.97 Å². The number of carbonyl (C=O) groups excluding carboxylic acids is 1. The molecule has 1 rings (SSSR count). The predicted octanol–water partition coefficient (Wildman–Crippen LogP) is 3.31. The van der Waals surface area contributed by atoms with E-state index < -0.39 is 11.6 Å². The van der Waals surface area contributed by atoms with Crippen molar-refractivity contribution in [2.45, 2.75) is 26.4 Å². The van der Waals surface area contributed by atoms with Gasteiger partial charge in [0.2, 0.25) is 0 Å². The van der Waals surface area contributed by atoms with Crippen LogP contribution in [0.5, 0.6) is 5.75 Å². The lowest BCUT2D eigenvalue weighted by Gasteiger charge is -2.24. The second-order valence-corrected chi connectivity index (χ2v) is 4.76. The van der Waals surface area contributed by atoms with Gasteiger partial charge in [0.1, 0.15) is 11.6 Å². The number of benzene rings is 1. The summed E-state index contributed by atoms with van der Waals surface area (Å²) in [4.78, 5) is 11.6. The molecule has 0 unspecified atom stereocenters. The van der Waals surface area contributed by atoms with Crippen LogP contribution >= 0.6 is 15.9 Å². The van der Waals surface area contributed by atoms with E-state index >= 15 is 0 Å². The van der Waals surface area contributed by atoms with Crippen LogP contribution in [0.15, 0.2) is 22.7 Å². The van der Waals surface area contributed by atoms with Crippen LogP contribution < -0.4 is 4.74 Å². The minimum atomic E-state index is -1.10. The van der Waals surface area contributed by atoms with E-state index in [0.717, 1.165) is 0 Å². The summed E-state index contributed by atoms with van der Waals surface area (Å²) in [6.45, 7) is 5.21. The van der Waals surface area contributed by atoms with Gasteiger partial charge in [-0.25, -0.2) is 9.18 Å². The Morgan fingerprint density at radius 3 is 2.65 bits per heavy atom. The number of hydrogen-bond donors (Lipinski definition) is 0. The maximum absolute atomic E-state index is 13.0. The lowest BCUT2D eigenvalue weighted by Crippen LogP contribution is -2.39. The molecule has 0 aliphatic heterocycles. The third kappa shape index (κ3) is 3.70. The number of carbonyl (C=O) groups is 1. The topological polar surface area (TPSA) is 35.5 Å². The first-order chi connectivity index (χ1) is 7.86. The van der Waals surface area contributed by atoms with Crippen LogP contribution in [0, 0.1) is 5.82 Å². The zero-order chi connectivity index (χ0) is 13.1. The molecule has 0 aliphatic rings. The Hall–Kier alpha value is -1.10. The molecule has 0 atom stereocenters. The first-order valence-electron chi connectivity index (χ1n) is 5.18. The highest BCUT2D eigenvalue weighted by Gasteiger charge is 2.31. The summed E-state index contributed by atoms with van der Waals surface area (Å²) in [5.41, 5.74) is -1.10. The highest BCUT2D eigenvalue weighted by molar-refractivity contribution is 9.10. The normalized spacial score (nSPS) is 11.1. The van der Waals surface area contributed by atoms with Gasteiger partial charge in [-0.3, -0.25) is 0 Å². The third-order valence-electron chi connectivity index (χ3n) is 2.03. The summed E-state index contributed by atoms with van der Waals surface area (Å²) in [7, 11) is 0. The van der Waals surface area contributed by atoms with Crippen molar-refractivity contribution in [2.24, 2.45) is 0 Å². The van der Waals surface area contributed by atoms with Crippen LogP contribution in [-0.4, -0.2) is 18.2 Å². The number of rotatable bonds is 4. The van der Waals surface area contributed by atoms with E-state index in [1.165, 1.54) is 18.2 Å². The number of halogens is 2. The monoisotopic (exact) mass is 304 g/mol. The Bertz CT molecular complexity index is 418. The van der Waals surface area contributed by atoms with Crippen LogP contribution in [-0.2, 0) is 9.53 Å². The van der Waals surface area contributed by atoms with Crippen LogP contribution in [0.4, 0.5) is 4.39 Å². The molecule has 0 aromatic heterocycles. The highest BCUT2D eigenvalue weighted by Crippen LogP contribution is 2.25. The molecule has 0 amide bonds. The molecule has 5 heteroatoms. The summed E-state index contributed by atoms with van der Waals surface area (Å²) in [5, 5.41) is 0. The fraction of sp³-hybridized carbons (Fsp3) is 0.417. The SMILES string of the molecule is CCOC(=O)C(C)(C)Oc1ccc(F)c(Br)c1. The van der Waals surface area contributed by atoms with Crippen molar-refractivity contribution in [3.05, 3.63) is 28.5 Å². The largest absolute Gasteiger partial charge is 0.476 e. The van der Waals surface area contributed by atoms with Crippen molar-refractivity contribution < 1.29 is 18.7 Å². The minimum Gasteiger partial charge on any atom is -0.476 e. The summed E-state index contributed by atoms with van der Waals surface area (Å²) < 4.78 is 23.7. The second kappa shape index (κ2) is 5.49. The highest BCUT2D eigenvalue weighted by atomic mass is 79.9. The summed E-state index contributed by atoms with van der Waals surface area (Å²) in [5.74, 6) is -0.442. The van der Waals surface area contributed by atoms with E-state index in [4.69, 9.17) is 9.47 Å². The molecule has 94 valence electrons. The molecule has 0 N–H and O–H groups in total. The quantitative estimate of drug-likeness (QED) is 0.801. The lowest BCUT2D eigenvalue weighted by molar-refractivity contribution is -0.158. The number of esters is 1. The molecule has 1 aromatic carbocycles. The van der Waals surface area contributed by atoms with Crippen molar-refractivity contribution in [1.82, 2.24) is 0 Å². The van der Waals surface area contributed by atoms with Crippen LogP contribution in [0.3, 0.4) is 0 Å². The van der Waals surface area contributed by atoms with Crippen molar-refractivity contribution in [1.29, 1.82) is 0 Å². The van der Waals surface area contributed by atoms with Crippen molar-refractivity contribution in [2.75, 3.05) is 6.61 Å². The first kappa shape index (κ1) is 14.0. The Morgan fingerprint density at radius 2 is 2.12 bits per heavy atom. The standard InChI is InChI=1S/C12H14BrFO3/c1-4-16-11(15)12(2,3)17-8-5-6-10(14)9(13)7-8/h5-7H,4H2,1-3H3. The molecular weight excluding hydrogens is 291 g/mol. The lowest BCUT2D eigenvalue weighted by atomic mass is 10.1. The molecule has 0 saturated heterocycles. The fourth-order valence-corrected chi connectivity index (χ4v) is 1.54. The summed E-state index contributed by atoms with van der Waals surface area (Å²) in [6.07, 6.45) is 0. The minimum absolute atomic E-state index is 0.287. The Labute approximate surface area is 108 Å². The van der Waals surface area contributed by atoms with E-state index in [-0.39, 0.29) is 10.3 Å². The smallest absolute Gasteiger partial charge is 0.349 e. The van der Waals surface area contributed by atoms with E-state index in [2.05, 4.69) is 15.9 Å². The van der Waals surface area contributed by atoms with E-state index in [0.29, 0.717) is 12.4 Å². The maximum atomic E-state index is 13.0. The van der Waals surface area contributed by atoms with Crippen molar-refractivity contribution in [3.63, 3.8) is 0 Å². The Morgan fingerprint density at radius 1 is 1.47 bits per heavy atom. The van der Waals surface area contributed by atoms with E-state index in [9.17, 15) is 9.18 Å². The molecule has 0 heterocycles. The predicted molar refractivity (Wildman–Crippen MR) is 65.4 cm³/mol. The van der Waals surface area contributed by atoms with Gasteiger partial charge < -0.3 is 9.47 Å². The fourth-order valence-electron chi connectivity index (χ4n) is 1.18. The van der Waals surface area contributed by atoms with Crippen molar-refractivity contribution in [3.8, 4) is 5.75 Å². The van der Waals surface area contributed by atoms with Gasteiger partial charge in [-0.2, -0.15) is 0 Å². The number of ether oxygens (including phenoxy) is 2. The van der Waals surface area contributed by atoms with Gasteiger partial charge in [0.25, 0.3) is 0 Å². The Kier molecular flexibility index (Phi) is 4.51. The molecule has 0 bridgehead atoms. The van der Waals surface area contributed by atoms with E-state index in [1.807, 2.05) is 0 Å². The summed E-state index contributed by atoms with van der Waals surface area (Å²) >= 11 is 3.05. The summed E-state index contributed by atoms with van der Waals surface area (Å²) in [6, 6.07) is 4.19. The molecule has 0 radical (unpaired) electrons. The molecule has 17 heavy (non-hydrogen) atoms. The van der Waals surface area contributed by atoms with Crippen LogP contribution in [0.2, 0.25) is 0 Å². The zero-order valence-electron chi connectivity index (χ0n) is 9.92. The van der Waals surface area contributed by atoms with Crippen molar-refractivity contribution >= 4 is 21.9 Å². The zero-order valence-corrected chi connectivity index (χ0v) is 11.5. The van der Waals surface area contributed by atoms with Gasteiger partial charge in [0, 0.05) is 0 Å². The molecular formula is C12H14BrFO3. The van der Waals surface area contributed by atoms with E-state index in [1.54, 1.807) is 20.8 Å². The molecule has 0 aliphatic carbocycles. The van der Waals surface area contributed by atoms with Gasteiger partial charge in [-0.1, -0.05) is 0 Å². The van der Waals surface area contributed by atoms with Crippen LogP contribution in [0.25, 0.3) is 0 Å². The second-order valence-electron chi connectivity index (χ2n) is 3.91. The van der Waals surface area contributed by atoms with Gasteiger partial charge in [-0.05, 0) is 54.9 Å². The van der Waals surface area contributed by atoms with Crippen LogP contribution in [0.1, 0.15) is 20.8 Å². The maximum Gasteiger partial charge on any atom is 0.349 e. The Balaban J connectivity index is 2.82. The van der Waals surface area contributed by atoms with Gasteiger partial charge in [0.15, 0.2) is 5.60 Å².